The number of carbonyl (C=O) groups is 1. The molecule has 1 aromatic heterocycles. The van der Waals surface area contributed by atoms with Gasteiger partial charge in [-0.1, -0.05) is 49.2 Å². The van der Waals surface area contributed by atoms with Gasteiger partial charge in [0.25, 0.3) is 0 Å². The van der Waals surface area contributed by atoms with Crippen LogP contribution in [0.5, 0.6) is 0 Å². The van der Waals surface area contributed by atoms with E-state index < -0.39 is 0 Å². The second-order valence-corrected chi connectivity index (χ2v) is 7.38. The zero-order chi connectivity index (χ0) is 20.3. The fourth-order valence-electron chi connectivity index (χ4n) is 3.81. The Kier molecular flexibility index (Phi) is 6.02. The molecule has 0 fully saturated rings. The molecule has 0 saturated heterocycles. The molecule has 0 spiro atoms. The minimum atomic E-state index is -0.295. The molecule has 3 aromatic rings. The van der Waals surface area contributed by atoms with Crippen LogP contribution in [-0.4, -0.2) is 22.2 Å². The summed E-state index contributed by atoms with van der Waals surface area (Å²) in [6.07, 6.45) is 1.82. The Bertz CT molecular complexity index is 1050. The molecule has 0 saturated carbocycles. The maximum absolute atomic E-state index is 13.4. The van der Waals surface area contributed by atoms with Gasteiger partial charge in [0.15, 0.2) is 0 Å². The number of para-hydroxylation sites is 2. The lowest BCUT2D eigenvalue weighted by Gasteiger charge is -2.17. The van der Waals surface area contributed by atoms with Gasteiger partial charge in [-0.25, -0.2) is 4.79 Å². The van der Waals surface area contributed by atoms with Crippen LogP contribution in [0, 0.1) is 13.8 Å². The van der Waals surface area contributed by atoms with E-state index in [1.165, 1.54) is 12.7 Å². The first kappa shape index (κ1) is 19.9. The Morgan fingerprint density at radius 2 is 1.82 bits per heavy atom. The van der Waals surface area contributed by atoms with Gasteiger partial charge in [0, 0.05) is 6.04 Å². The first-order chi connectivity index (χ1) is 13.5. The highest BCUT2D eigenvalue weighted by atomic mass is 16.5. The lowest BCUT2D eigenvalue weighted by molar-refractivity contribution is -0.141. The summed E-state index contributed by atoms with van der Waals surface area (Å²) in [7, 11) is 1.39. The Labute approximate surface area is 165 Å². The lowest BCUT2D eigenvalue weighted by Crippen LogP contribution is -2.29. The number of methoxy groups -OCH3 is 1. The predicted molar refractivity (Wildman–Crippen MR) is 112 cm³/mol. The van der Waals surface area contributed by atoms with Crippen LogP contribution in [0.1, 0.15) is 48.9 Å². The number of aryl methyl sites for hydroxylation is 2. The van der Waals surface area contributed by atoms with Crippen molar-refractivity contribution in [3.8, 4) is 0 Å². The van der Waals surface area contributed by atoms with Crippen LogP contribution in [0.2, 0.25) is 0 Å². The number of carbonyl (C=O) groups excluding carboxylic acids is 1. The average molecular weight is 380 g/mol. The molecule has 3 rings (SSSR count). The average Bonchev–Trinajstić information content (AvgIpc) is 2.96. The van der Waals surface area contributed by atoms with Crippen molar-refractivity contribution in [3.63, 3.8) is 0 Å². The monoisotopic (exact) mass is 380 g/mol. The summed E-state index contributed by atoms with van der Waals surface area (Å²) < 4.78 is 8.47. The molecule has 0 radical (unpaired) electrons. The summed E-state index contributed by atoms with van der Waals surface area (Å²) in [5, 5.41) is 0. The van der Waals surface area contributed by atoms with E-state index in [4.69, 9.17) is 4.74 Å². The molecular formula is C23H28N2O3. The number of ether oxygens (including phenoxy) is 1. The summed E-state index contributed by atoms with van der Waals surface area (Å²) in [6.45, 7) is 6.69. The number of esters is 1. The summed E-state index contributed by atoms with van der Waals surface area (Å²) in [6, 6.07) is 13.9. The first-order valence-electron chi connectivity index (χ1n) is 9.79. The van der Waals surface area contributed by atoms with E-state index in [0.717, 1.165) is 35.0 Å². The Balaban J connectivity index is 2.15. The van der Waals surface area contributed by atoms with Crippen molar-refractivity contribution in [2.45, 2.75) is 52.6 Å². The van der Waals surface area contributed by atoms with E-state index in [1.807, 2.05) is 28.8 Å². The lowest BCUT2D eigenvalue weighted by atomic mass is 10.1. The van der Waals surface area contributed by atoms with Gasteiger partial charge >= 0.3 is 11.7 Å². The molecule has 1 heterocycles. The third kappa shape index (κ3) is 3.88. The number of nitrogens with zero attached hydrogens (tertiary/aromatic N) is 2. The minimum Gasteiger partial charge on any atom is -0.469 e. The van der Waals surface area contributed by atoms with Crippen molar-refractivity contribution in [2.24, 2.45) is 0 Å². The number of fused-ring (bicyclic) bond motifs is 1. The summed E-state index contributed by atoms with van der Waals surface area (Å²) >= 11 is 0. The maximum Gasteiger partial charge on any atom is 0.329 e. The van der Waals surface area contributed by atoms with Crippen molar-refractivity contribution in [3.05, 3.63) is 69.6 Å². The van der Waals surface area contributed by atoms with E-state index in [-0.39, 0.29) is 24.1 Å². The summed E-state index contributed by atoms with van der Waals surface area (Å²) in [4.78, 5) is 25.4. The molecule has 0 amide bonds. The van der Waals surface area contributed by atoms with Gasteiger partial charge in [0.1, 0.15) is 0 Å². The van der Waals surface area contributed by atoms with Gasteiger partial charge in [-0.2, -0.15) is 0 Å². The van der Waals surface area contributed by atoms with E-state index in [2.05, 4.69) is 39.0 Å². The highest BCUT2D eigenvalue weighted by Gasteiger charge is 2.23. The minimum absolute atomic E-state index is 0.0792. The van der Waals surface area contributed by atoms with Crippen molar-refractivity contribution < 1.29 is 9.53 Å². The predicted octanol–water partition coefficient (Wildman–Crippen LogP) is 4.37. The topological polar surface area (TPSA) is 53.2 Å². The second kappa shape index (κ2) is 8.46. The molecule has 0 aliphatic rings. The van der Waals surface area contributed by atoms with E-state index in [1.54, 1.807) is 4.57 Å². The molecule has 0 bridgehead atoms. The molecule has 0 aliphatic heterocycles. The SMILES string of the molecule is CCCC(CC(=O)OC)n1c(=O)n(Cc2cc(C)ccc2C)c2ccccc21. The van der Waals surface area contributed by atoms with Crippen LogP contribution in [0.25, 0.3) is 11.0 Å². The molecular weight excluding hydrogens is 352 g/mol. The van der Waals surface area contributed by atoms with Crippen LogP contribution < -0.4 is 5.69 Å². The van der Waals surface area contributed by atoms with Crippen LogP contribution in [0.15, 0.2) is 47.3 Å². The van der Waals surface area contributed by atoms with Gasteiger partial charge in [-0.15, -0.1) is 0 Å². The third-order valence-electron chi connectivity index (χ3n) is 5.32. The molecule has 5 nitrogen and oxygen atoms in total. The van der Waals surface area contributed by atoms with Crippen LogP contribution >= 0.6 is 0 Å². The second-order valence-electron chi connectivity index (χ2n) is 7.38. The van der Waals surface area contributed by atoms with E-state index >= 15 is 0 Å². The zero-order valence-corrected chi connectivity index (χ0v) is 17.1. The highest BCUT2D eigenvalue weighted by molar-refractivity contribution is 5.77. The number of hydrogen-bond acceptors (Lipinski definition) is 3. The van der Waals surface area contributed by atoms with Gasteiger partial charge in [0.05, 0.1) is 31.1 Å². The summed E-state index contributed by atoms with van der Waals surface area (Å²) in [5.74, 6) is -0.295. The van der Waals surface area contributed by atoms with Crippen molar-refractivity contribution in [1.82, 2.24) is 9.13 Å². The van der Waals surface area contributed by atoms with Gasteiger partial charge in [-0.3, -0.25) is 13.9 Å². The number of imidazole rings is 1. The quantitative estimate of drug-likeness (QED) is 0.572. The van der Waals surface area contributed by atoms with Crippen molar-refractivity contribution >= 4 is 17.0 Å². The molecule has 148 valence electrons. The number of aromatic nitrogens is 2. The molecule has 0 N–H and O–H groups in total. The molecule has 1 unspecified atom stereocenters. The van der Waals surface area contributed by atoms with Crippen LogP contribution in [-0.2, 0) is 16.1 Å². The molecule has 1 atom stereocenters. The first-order valence-corrected chi connectivity index (χ1v) is 9.79. The number of rotatable bonds is 7. The Hall–Kier alpha value is -2.82. The van der Waals surface area contributed by atoms with Crippen LogP contribution in [0.4, 0.5) is 0 Å². The van der Waals surface area contributed by atoms with Crippen molar-refractivity contribution in [2.75, 3.05) is 7.11 Å². The van der Waals surface area contributed by atoms with Crippen molar-refractivity contribution in [1.29, 1.82) is 0 Å². The third-order valence-corrected chi connectivity index (χ3v) is 5.32. The van der Waals surface area contributed by atoms with Gasteiger partial charge < -0.3 is 4.74 Å². The van der Waals surface area contributed by atoms with Gasteiger partial charge in [-0.05, 0) is 43.5 Å². The normalized spacial score (nSPS) is 12.3. The molecule has 28 heavy (non-hydrogen) atoms. The largest absolute Gasteiger partial charge is 0.469 e. The standard InChI is InChI=1S/C23H28N2O3/c1-5-8-19(14-22(26)28-4)25-21-10-7-6-9-20(21)24(23(25)27)15-18-13-16(2)11-12-17(18)3/h6-7,9-13,19H,5,8,14-15H2,1-4H3. The maximum atomic E-state index is 13.4. The van der Waals surface area contributed by atoms with Gasteiger partial charge in [0.2, 0.25) is 0 Å². The number of benzene rings is 2. The molecule has 5 heteroatoms. The van der Waals surface area contributed by atoms with Crippen LogP contribution in [0.3, 0.4) is 0 Å². The summed E-state index contributed by atoms with van der Waals surface area (Å²) in [5.41, 5.74) is 5.13. The fraction of sp³-hybridized carbons (Fsp3) is 0.391. The van der Waals surface area contributed by atoms with E-state index in [0.29, 0.717) is 6.54 Å². The Morgan fingerprint density at radius 3 is 2.50 bits per heavy atom. The highest BCUT2D eigenvalue weighted by Crippen LogP contribution is 2.24. The zero-order valence-electron chi connectivity index (χ0n) is 17.1. The fourth-order valence-corrected chi connectivity index (χ4v) is 3.81. The van der Waals surface area contributed by atoms with E-state index in [9.17, 15) is 9.59 Å². The molecule has 2 aromatic carbocycles. The molecule has 0 aliphatic carbocycles. The smallest absolute Gasteiger partial charge is 0.329 e. The Morgan fingerprint density at radius 1 is 1.11 bits per heavy atom. The number of hydrogen-bond donors (Lipinski definition) is 0.